The summed E-state index contributed by atoms with van der Waals surface area (Å²) < 4.78 is 1.02. The molecule has 2 N–H and O–H groups in total. The number of hydrogen-bond acceptors (Lipinski definition) is 4. The molecule has 8 heteroatoms. The van der Waals surface area contributed by atoms with Gasteiger partial charge in [0, 0.05) is 34.3 Å². The monoisotopic (exact) mass is 515 g/mol. The Balaban J connectivity index is 1.95. The Morgan fingerprint density at radius 2 is 1.68 bits per heavy atom. The summed E-state index contributed by atoms with van der Waals surface area (Å²) in [5.41, 5.74) is 3.31. The molecule has 0 saturated heterocycles. The third-order valence-electron chi connectivity index (χ3n) is 5.80. The number of nitrogens with zero attached hydrogens (tertiary/aromatic N) is 3. The van der Waals surface area contributed by atoms with Crippen LogP contribution >= 0.6 is 34.8 Å². The van der Waals surface area contributed by atoms with Crippen LogP contribution in [0.5, 0.6) is 5.75 Å². The second-order valence-corrected chi connectivity index (χ2v) is 9.16. The number of halogens is 3. The summed E-state index contributed by atoms with van der Waals surface area (Å²) >= 11 is 18.5. The highest BCUT2D eigenvalue weighted by Crippen LogP contribution is 2.39. The number of pyridine rings is 1. The Morgan fingerprint density at radius 3 is 2.38 bits per heavy atom. The van der Waals surface area contributed by atoms with Gasteiger partial charge in [-0.3, -0.25) is 4.90 Å². The van der Waals surface area contributed by atoms with Crippen molar-refractivity contribution in [2.24, 2.45) is 4.99 Å². The molecule has 0 unspecified atom stereocenters. The number of aromatic hydroxyl groups is 1. The number of hydrogen-bond donors (Lipinski definition) is 2. The van der Waals surface area contributed by atoms with Gasteiger partial charge in [0.15, 0.2) is 0 Å². The smallest absolute Gasteiger partial charge is 0.128 e. The fraction of sp³-hybridized carbons (Fsp3) is 0.192. The van der Waals surface area contributed by atoms with Crippen LogP contribution in [0.2, 0.25) is 15.1 Å². The van der Waals surface area contributed by atoms with Crippen molar-refractivity contribution in [2.75, 3.05) is 13.1 Å². The van der Waals surface area contributed by atoms with E-state index in [9.17, 15) is 10.3 Å². The van der Waals surface area contributed by atoms with E-state index in [1.54, 1.807) is 30.3 Å². The van der Waals surface area contributed by atoms with Gasteiger partial charge in [-0.2, -0.15) is 4.73 Å². The average Bonchev–Trinajstić information content (AvgIpc) is 2.83. The average molecular weight is 517 g/mol. The molecule has 0 bridgehead atoms. The van der Waals surface area contributed by atoms with Crippen molar-refractivity contribution in [3.8, 4) is 16.9 Å². The first-order valence-electron chi connectivity index (χ1n) is 10.9. The minimum atomic E-state index is 0.183. The lowest BCUT2D eigenvalue weighted by atomic mass is 9.99. The molecule has 0 saturated carbocycles. The lowest BCUT2D eigenvalue weighted by Gasteiger charge is -2.20. The molecule has 3 aromatic carbocycles. The quantitative estimate of drug-likeness (QED) is 0.265. The van der Waals surface area contributed by atoms with Gasteiger partial charge < -0.3 is 10.3 Å². The van der Waals surface area contributed by atoms with Crippen LogP contribution in [0, 0.1) is 0 Å². The van der Waals surface area contributed by atoms with Crippen LogP contribution in [0.1, 0.15) is 19.4 Å². The van der Waals surface area contributed by atoms with E-state index in [2.05, 4.69) is 18.7 Å². The Hall–Kier alpha value is -2.70. The van der Waals surface area contributed by atoms with E-state index < -0.39 is 0 Å². The van der Waals surface area contributed by atoms with Gasteiger partial charge in [-0.1, -0.05) is 54.7 Å². The third-order valence-corrected chi connectivity index (χ3v) is 6.77. The Bertz CT molecular complexity index is 1430. The van der Waals surface area contributed by atoms with Crippen LogP contribution in [0.3, 0.4) is 0 Å². The predicted molar refractivity (Wildman–Crippen MR) is 140 cm³/mol. The van der Waals surface area contributed by atoms with Gasteiger partial charge in [0.1, 0.15) is 5.75 Å². The SMILES string of the molecule is CCN(CC)Cc1cc(N=c2ccn(O)c3cc(Cl)ccc23)cc(-c2ccc(Cl)c(Cl)c2)c1O. The number of rotatable bonds is 6. The molecule has 0 radical (unpaired) electrons. The highest BCUT2D eigenvalue weighted by atomic mass is 35.5. The zero-order valence-corrected chi connectivity index (χ0v) is 21.0. The lowest BCUT2D eigenvalue weighted by molar-refractivity contribution is 0.198. The molecule has 1 aromatic heterocycles. The zero-order chi connectivity index (χ0) is 24.4. The summed E-state index contributed by atoms with van der Waals surface area (Å²) in [5.74, 6) is 0.183. The second kappa shape index (κ2) is 10.3. The predicted octanol–water partition coefficient (Wildman–Crippen LogP) is 7.29. The van der Waals surface area contributed by atoms with E-state index in [-0.39, 0.29) is 5.75 Å². The molecule has 0 amide bonds. The first kappa shape index (κ1) is 24.4. The summed E-state index contributed by atoms with van der Waals surface area (Å²) in [6, 6.07) is 16.0. The highest BCUT2D eigenvalue weighted by molar-refractivity contribution is 6.42. The molecule has 5 nitrogen and oxygen atoms in total. The van der Waals surface area contributed by atoms with E-state index in [0.29, 0.717) is 43.7 Å². The first-order chi connectivity index (χ1) is 16.3. The Morgan fingerprint density at radius 1 is 0.912 bits per heavy atom. The summed E-state index contributed by atoms with van der Waals surface area (Å²) in [6.07, 6.45) is 1.52. The number of fused-ring (bicyclic) bond motifs is 1. The van der Waals surface area contributed by atoms with Gasteiger partial charge in [0.2, 0.25) is 0 Å². The molecular weight excluding hydrogens is 493 g/mol. The molecule has 0 fully saturated rings. The molecule has 1 heterocycles. The molecule has 176 valence electrons. The van der Waals surface area contributed by atoms with Crippen LogP contribution in [-0.2, 0) is 6.54 Å². The fourth-order valence-corrected chi connectivity index (χ4v) is 4.36. The summed E-state index contributed by atoms with van der Waals surface area (Å²) in [7, 11) is 0. The molecule has 0 aliphatic heterocycles. The number of phenols is 1. The molecule has 34 heavy (non-hydrogen) atoms. The molecule has 4 aromatic rings. The van der Waals surface area contributed by atoms with Gasteiger partial charge in [-0.25, -0.2) is 4.99 Å². The normalized spacial score (nSPS) is 12.1. The first-order valence-corrected chi connectivity index (χ1v) is 12.0. The van der Waals surface area contributed by atoms with Crippen molar-refractivity contribution in [2.45, 2.75) is 20.4 Å². The zero-order valence-electron chi connectivity index (χ0n) is 18.8. The maximum absolute atomic E-state index is 11.2. The van der Waals surface area contributed by atoms with Crippen molar-refractivity contribution in [1.82, 2.24) is 9.63 Å². The van der Waals surface area contributed by atoms with Crippen LogP contribution in [0.25, 0.3) is 22.0 Å². The molecule has 0 atom stereocenters. The number of benzene rings is 3. The summed E-state index contributed by atoms with van der Waals surface area (Å²) in [4.78, 5) is 7.09. The number of phenolic OH excluding ortho intramolecular Hbond substituents is 1. The maximum atomic E-state index is 11.2. The van der Waals surface area contributed by atoms with Gasteiger partial charge in [-0.15, -0.1) is 0 Å². The van der Waals surface area contributed by atoms with E-state index in [4.69, 9.17) is 39.8 Å². The molecule has 0 aliphatic rings. The minimum Gasteiger partial charge on any atom is -0.507 e. The largest absolute Gasteiger partial charge is 0.507 e. The molecule has 0 spiro atoms. The van der Waals surface area contributed by atoms with E-state index in [1.165, 1.54) is 6.20 Å². The van der Waals surface area contributed by atoms with E-state index >= 15 is 0 Å². The van der Waals surface area contributed by atoms with Crippen LogP contribution in [0.15, 0.2) is 65.8 Å². The van der Waals surface area contributed by atoms with Crippen molar-refractivity contribution < 1.29 is 10.3 Å². The molecule has 0 aliphatic carbocycles. The summed E-state index contributed by atoms with van der Waals surface area (Å²) in [5, 5.41) is 24.2. The van der Waals surface area contributed by atoms with E-state index in [1.807, 2.05) is 24.3 Å². The van der Waals surface area contributed by atoms with Crippen molar-refractivity contribution in [3.05, 3.63) is 86.8 Å². The Kier molecular flexibility index (Phi) is 7.39. The fourth-order valence-electron chi connectivity index (χ4n) is 3.89. The minimum absolute atomic E-state index is 0.183. The number of aromatic nitrogens is 1. The van der Waals surface area contributed by atoms with Crippen molar-refractivity contribution >= 4 is 51.4 Å². The second-order valence-electron chi connectivity index (χ2n) is 7.91. The molecule has 4 rings (SSSR count). The Labute approximate surface area is 213 Å². The summed E-state index contributed by atoms with van der Waals surface area (Å²) in [6.45, 7) is 6.43. The maximum Gasteiger partial charge on any atom is 0.128 e. The van der Waals surface area contributed by atoms with E-state index in [0.717, 1.165) is 34.3 Å². The highest BCUT2D eigenvalue weighted by Gasteiger charge is 2.15. The third kappa shape index (κ3) is 5.03. The van der Waals surface area contributed by atoms with Crippen LogP contribution < -0.4 is 5.36 Å². The van der Waals surface area contributed by atoms with Crippen LogP contribution in [0.4, 0.5) is 5.69 Å². The topological polar surface area (TPSA) is 61.0 Å². The molecular formula is C26H24Cl3N3O2. The van der Waals surface area contributed by atoms with Gasteiger partial charge in [0.25, 0.3) is 0 Å². The van der Waals surface area contributed by atoms with Gasteiger partial charge >= 0.3 is 0 Å². The lowest BCUT2D eigenvalue weighted by Crippen LogP contribution is -2.22. The van der Waals surface area contributed by atoms with Crippen LogP contribution in [-0.4, -0.2) is 33.0 Å². The van der Waals surface area contributed by atoms with Gasteiger partial charge in [-0.05, 0) is 67.2 Å². The van der Waals surface area contributed by atoms with Crippen molar-refractivity contribution in [3.63, 3.8) is 0 Å². The standard InChI is InChI=1S/C26H24Cl3N3O2/c1-3-31(4-2)15-17-11-19(14-21(26(17)33)16-5-8-22(28)23(29)12-16)30-24-9-10-32(34)25-13-18(27)6-7-20(24)25/h5-14,33-34H,3-4,15H2,1-2H3. The van der Waals surface area contributed by atoms with Crippen molar-refractivity contribution in [1.29, 1.82) is 0 Å². The van der Waals surface area contributed by atoms with Gasteiger partial charge in [0.05, 0.1) is 26.6 Å².